The number of pyridine rings is 1. The molecule has 52 heavy (non-hydrogen) atoms. The molecule has 6 aromatic rings. The zero-order valence-corrected chi connectivity index (χ0v) is 29.3. The summed E-state index contributed by atoms with van der Waals surface area (Å²) in [4.78, 5) is 21.8. The highest BCUT2D eigenvalue weighted by Gasteiger charge is 2.33. The molecule has 8 nitrogen and oxygen atoms in total. The lowest BCUT2D eigenvalue weighted by molar-refractivity contribution is 0.0459. The second-order valence-corrected chi connectivity index (χ2v) is 13.5. The number of likely N-dealkylation sites (tertiary alicyclic amines) is 1. The van der Waals surface area contributed by atoms with Crippen molar-refractivity contribution in [2.75, 3.05) is 26.2 Å². The molecule has 2 aromatic heterocycles. The molecular formula is C44H43N3O5. The maximum atomic E-state index is 14.2. The molecule has 8 heteroatoms. The van der Waals surface area contributed by atoms with Gasteiger partial charge >= 0.3 is 5.97 Å². The molecule has 1 fully saturated rings. The number of aryl methyl sites for hydroxylation is 1. The number of benzene rings is 4. The van der Waals surface area contributed by atoms with Gasteiger partial charge in [0.2, 0.25) is 5.88 Å². The van der Waals surface area contributed by atoms with Crippen LogP contribution in [0.25, 0.3) is 22.2 Å². The summed E-state index contributed by atoms with van der Waals surface area (Å²) in [5.41, 5.74) is 6.72. The van der Waals surface area contributed by atoms with Crippen LogP contribution in [-0.4, -0.2) is 46.7 Å². The Kier molecular flexibility index (Phi) is 10.2. The van der Waals surface area contributed by atoms with Gasteiger partial charge in [0.25, 0.3) is 0 Å². The minimum Gasteiger partial charge on any atom is -0.487 e. The maximum absolute atomic E-state index is 14.2. The number of rotatable bonds is 13. The smallest absolute Gasteiger partial charge is 0.348 e. The Morgan fingerprint density at radius 1 is 0.750 bits per heavy atom. The normalized spacial score (nSPS) is 13.9. The van der Waals surface area contributed by atoms with Gasteiger partial charge in [-0.05, 0) is 79.3 Å². The van der Waals surface area contributed by atoms with Gasteiger partial charge in [0.1, 0.15) is 25.5 Å². The van der Waals surface area contributed by atoms with E-state index in [4.69, 9.17) is 23.9 Å². The fourth-order valence-corrected chi connectivity index (χ4v) is 7.15. The first-order chi connectivity index (χ1) is 25.7. The first-order valence-electron chi connectivity index (χ1n) is 18.3. The van der Waals surface area contributed by atoms with Crippen molar-refractivity contribution in [1.82, 2.24) is 14.5 Å². The number of nitrogens with zero attached hydrogens (tertiary/aromatic N) is 3. The monoisotopic (exact) mass is 693 g/mol. The van der Waals surface area contributed by atoms with Crippen molar-refractivity contribution in [1.29, 1.82) is 0 Å². The highest BCUT2D eigenvalue weighted by atomic mass is 16.5. The van der Waals surface area contributed by atoms with E-state index in [-0.39, 0.29) is 37.0 Å². The van der Waals surface area contributed by atoms with Crippen molar-refractivity contribution in [2.45, 2.75) is 52.0 Å². The van der Waals surface area contributed by atoms with Gasteiger partial charge in [0, 0.05) is 35.6 Å². The van der Waals surface area contributed by atoms with Gasteiger partial charge in [-0.2, -0.15) is 0 Å². The molecule has 0 spiro atoms. The Hall–Kier alpha value is -5.60. The van der Waals surface area contributed by atoms with Gasteiger partial charge in [0.15, 0.2) is 17.1 Å². The minimum atomic E-state index is -0.597. The van der Waals surface area contributed by atoms with E-state index in [1.54, 1.807) is 0 Å². The number of carbonyl (C=O) groups excluding carboxylic acids is 1. The Bertz CT molecular complexity index is 2130. The van der Waals surface area contributed by atoms with Crippen LogP contribution in [0.2, 0.25) is 0 Å². The highest BCUT2D eigenvalue weighted by Crippen LogP contribution is 2.47. The van der Waals surface area contributed by atoms with Crippen molar-refractivity contribution >= 4 is 16.9 Å². The summed E-state index contributed by atoms with van der Waals surface area (Å²) < 4.78 is 27.8. The highest BCUT2D eigenvalue weighted by molar-refractivity contribution is 5.98. The number of hydrogen-bond donors (Lipinski definition) is 0. The third kappa shape index (κ3) is 7.53. The number of fused-ring (bicyclic) bond motifs is 4. The van der Waals surface area contributed by atoms with Crippen LogP contribution in [-0.2, 0) is 37.5 Å². The average Bonchev–Trinajstić information content (AvgIpc) is 3.82. The van der Waals surface area contributed by atoms with E-state index >= 15 is 0 Å². The fourth-order valence-electron chi connectivity index (χ4n) is 7.15. The topological polar surface area (TPSA) is 75.0 Å². The van der Waals surface area contributed by atoms with Crippen LogP contribution in [0.1, 0.15) is 51.9 Å². The van der Waals surface area contributed by atoms with E-state index in [1.165, 1.54) is 31.4 Å². The van der Waals surface area contributed by atoms with Gasteiger partial charge < -0.3 is 28.4 Å². The molecule has 0 bridgehead atoms. The lowest BCUT2D eigenvalue weighted by Gasteiger charge is -2.20. The van der Waals surface area contributed by atoms with Gasteiger partial charge in [-0.1, -0.05) is 91.0 Å². The molecule has 0 unspecified atom stereocenters. The SMILES string of the molecule is O=C(OCc1ccccc1)c1c(OCc2ccccc2)nc2c(c1OCc1ccccc1)OCCc1cc3c(ccn3CCCN3CCCC3)cc1-2. The van der Waals surface area contributed by atoms with E-state index in [1.807, 2.05) is 91.0 Å². The molecule has 0 N–H and O–H groups in total. The number of carbonyl (C=O) groups is 1. The Labute approximate surface area is 304 Å². The van der Waals surface area contributed by atoms with Crippen molar-refractivity contribution in [3.05, 3.63) is 143 Å². The van der Waals surface area contributed by atoms with Crippen LogP contribution in [0.15, 0.2) is 115 Å². The summed E-state index contributed by atoms with van der Waals surface area (Å²) in [5, 5.41) is 1.12. The molecule has 2 aliphatic heterocycles. The second kappa shape index (κ2) is 15.7. The van der Waals surface area contributed by atoms with E-state index in [0.29, 0.717) is 24.5 Å². The van der Waals surface area contributed by atoms with E-state index in [0.717, 1.165) is 52.7 Å². The quantitative estimate of drug-likeness (QED) is 0.112. The zero-order chi connectivity index (χ0) is 35.1. The zero-order valence-electron chi connectivity index (χ0n) is 29.3. The number of ether oxygens (including phenoxy) is 4. The molecule has 8 rings (SSSR count). The summed E-state index contributed by atoms with van der Waals surface area (Å²) in [6, 6.07) is 36.0. The molecule has 0 amide bonds. The van der Waals surface area contributed by atoms with Gasteiger partial charge in [-0.3, -0.25) is 0 Å². The molecule has 0 atom stereocenters. The van der Waals surface area contributed by atoms with E-state index in [9.17, 15) is 4.79 Å². The molecule has 4 aromatic carbocycles. The predicted octanol–water partition coefficient (Wildman–Crippen LogP) is 8.64. The van der Waals surface area contributed by atoms with Crippen LogP contribution >= 0.6 is 0 Å². The van der Waals surface area contributed by atoms with E-state index < -0.39 is 5.97 Å². The summed E-state index contributed by atoms with van der Waals surface area (Å²) in [6.07, 6.45) is 6.59. The Balaban J connectivity index is 1.20. The van der Waals surface area contributed by atoms with Crippen molar-refractivity contribution in [3.63, 3.8) is 0 Å². The van der Waals surface area contributed by atoms with Crippen LogP contribution in [0, 0.1) is 0 Å². The van der Waals surface area contributed by atoms with Crippen molar-refractivity contribution in [3.8, 4) is 28.6 Å². The molecule has 264 valence electrons. The Morgan fingerprint density at radius 3 is 2.10 bits per heavy atom. The Morgan fingerprint density at radius 2 is 1.40 bits per heavy atom. The van der Waals surface area contributed by atoms with Gasteiger partial charge in [-0.25, -0.2) is 9.78 Å². The predicted molar refractivity (Wildman–Crippen MR) is 202 cm³/mol. The summed E-state index contributed by atoms with van der Waals surface area (Å²) in [5.74, 6) is 0.222. The minimum absolute atomic E-state index is 0.0870. The van der Waals surface area contributed by atoms with Gasteiger partial charge in [0.05, 0.1) is 6.61 Å². The lowest BCUT2D eigenvalue weighted by atomic mass is 9.98. The summed E-state index contributed by atoms with van der Waals surface area (Å²) in [7, 11) is 0. The number of hydrogen-bond acceptors (Lipinski definition) is 7. The van der Waals surface area contributed by atoms with Crippen LogP contribution in [0.5, 0.6) is 17.4 Å². The third-order valence-electron chi connectivity index (χ3n) is 9.88. The number of aromatic nitrogens is 2. The molecule has 2 aliphatic rings. The summed E-state index contributed by atoms with van der Waals surface area (Å²) in [6.45, 7) is 5.42. The van der Waals surface area contributed by atoms with Crippen molar-refractivity contribution in [2.24, 2.45) is 0 Å². The molecule has 0 aliphatic carbocycles. The first kappa shape index (κ1) is 33.5. The first-order valence-corrected chi connectivity index (χ1v) is 18.3. The maximum Gasteiger partial charge on any atom is 0.348 e. The van der Waals surface area contributed by atoms with Crippen LogP contribution in [0.3, 0.4) is 0 Å². The average molecular weight is 694 g/mol. The fraction of sp³-hybridized carbons (Fsp3) is 0.273. The second-order valence-electron chi connectivity index (χ2n) is 13.5. The molecule has 1 saturated heterocycles. The number of esters is 1. The molecule has 4 heterocycles. The van der Waals surface area contributed by atoms with Crippen molar-refractivity contribution < 1.29 is 23.7 Å². The molecular weight excluding hydrogens is 650 g/mol. The van der Waals surface area contributed by atoms with Crippen LogP contribution < -0.4 is 14.2 Å². The van der Waals surface area contributed by atoms with Crippen LogP contribution in [0.4, 0.5) is 0 Å². The molecule has 0 saturated carbocycles. The van der Waals surface area contributed by atoms with E-state index in [2.05, 4.69) is 33.9 Å². The van der Waals surface area contributed by atoms with Gasteiger partial charge in [-0.15, -0.1) is 0 Å². The third-order valence-corrected chi connectivity index (χ3v) is 9.88. The largest absolute Gasteiger partial charge is 0.487 e. The molecule has 0 radical (unpaired) electrons. The summed E-state index contributed by atoms with van der Waals surface area (Å²) >= 11 is 0. The standard InChI is InChI=1S/C44H43N3O5/c48-44(52-31-34-17-8-3-9-18-34)39-41(50-29-32-13-4-1-5-14-32)42-40(45-43(39)51-30-33-15-6-2-7-16-33)37-27-36-19-25-47(24-12-23-46-21-10-11-22-46)38(36)28-35(37)20-26-49-42/h1-9,13-19,25,27-28H,10-12,20-24,26,29-31H2. The lowest BCUT2D eigenvalue weighted by Crippen LogP contribution is -2.21.